The Morgan fingerprint density at radius 3 is 2.24 bits per heavy atom. The van der Waals surface area contributed by atoms with Crippen LogP contribution in [-0.2, 0) is 4.74 Å². The van der Waals surface area contributed by atoms with E-state index >= 15 is 0 Å². The monoisotopic (exact) mass is 362 g/mol. The fourth-order valence-electron chi connectivity index (χ4n) is 2.99. The quantitative estimate of drug-likeness (QED) is 0.264. The SMILES string of the molecule is CCCCCC(OC(C)CC(=O)c1ccccc1)[Si](C)(C)C(C)(C)C. The van der Waals surface area contributed by atoms with E-state index in [-0.39, 0.29) is 16.9 Å². The van der Waals surface area contributed by atoms with Crippen LogP contribution in [-0.4, -0.2) is 25.7 Å². The lowest BCUT2D eigenvalue weighted by molar-refractivity contribution is 0.0246. The van der Waals surface area contributed by atoms with Gasteiger partial charge in [-0.3, -0.25) is 4.79 Å². The highest BCUT2D eigenvalue weighted by Crippen LogP contribution is 2.41. The Bertz CT molecular complexity index is 517. The van der Waals surface area contributed by atoms with E-state index in [1.807, 2.05) is 30.3 Å². The molecule has 0 saturated carbocycles. The number of ether oxygens (including phenoxy) is 1. The first-order valence-electron chi connectivity index (χ1n) is 9.83. The zero-order chi connectivity index (χ0) is 19.1. The minimum absolute atomic E-state index is 0.0338. The molecule has 0 aliphatic rings. The van der Waals surface area contributed by atoms with Crippen LogP contribution in [0.2, 0.25) is 18.1 Å². The number of hydrogen-bond donors (Lipinski definition) is 0. The number of ketones is 1. The number of benzene rings is 1. The molecule has 0 radical (unpaired) electrons. The van der Waals surface area contributed by atoms with Gasteiger partial charge in [0.2, 0.25) is 0 Å². The lowest BCUT2D eigenvalue weighted by Crippen LogP contribution is -2.51. The van der Waals surface area contributed by atoms with Gasteiger partial charge in [0.05, 0.1) is 14.2 Å². The second kappa shape index (κ2) is 9.68. The zero-order valence-corrected chi connectivity index (χ0v) is 18.4. The lowest BCUT2D eigenvalue weighted by atomic mass is 10.1. The van der Waals surface area contributed by atoms with Crippen LogP contribution in [0.4, 0.5) is 0 Å². The molecule has 142 valence electrons. The van der Waals surface area contributed by atoms with Crippen molar-refractivity contribution in [3.63, 3.8) is 0 Å². The predicted octanol–water partition coefficient (Wildman–Crippen LogP) is 6.66. The second-order valence-corrected chi connectivity index (χ2v) is 14.5. The van der Waals surface area contributed by atoms with Crippen LogP contribution in [0, 0.1) is 0 Å². The molecule has 0 N–H and O–H groups in total. The molecule has 0 amide bonds. The number of carbonyl (C=O) groups excluding carboxylic acids is 1. The van der Waals surface area contributed by atoms with Gasteiger partial charge in [-0.05, 0) is 18.4 Å². The first kappa shape index (κ1) is 22.1. The van der Waals surface area contributed by atoms with Gasteiger partial charge in [0.1, 0.15) is 0 Å². The molecule has 0 bridgehead atoms. The van der Waals surface area contributed by atoms with Gasteiger partial charge >= 0.3 is 0 Å². The molecule has 3 heteroatoms. The summed E-state index contributed by atoms with van der Waals surface area (Å²) in [7, 11) is -1.61. The second-order valence-electron chi connectivity index (χ2n) is 8.90. The van der Waals surface area contributed by atoms with Gasteiger partial charge in [-0.15, -0.1) is 0 Å². The molecule has 2 unspecified atom stereocenters. The Morgan fingerprint density at radius 2 is 1.72 bits per heavy atom. The number of hydrogen-bond acceptors (Lipinski definition) is 2. The maximum atomic E-state index is 12.5. The van der Waals surface area contributed by atoms with Crippen molar-refractivity contribution in [3.05, 3.63) is 35.9 Å². The summed E-state index contributed by atoms with van der Waals surface area (Å²) in [4.78, 5) is 12.5. The highest BCUT2D eigenvalue weighted by Gasteiger charge is 2.43. The van der Waals surface area contributed by atoms with Crippen LogP contribution < -0.4 is 0 Å². The van der Waals surface area contributed by atoms with Gasteiger partial charge in [0, 0.05) is 17.7 Å². The Hall–Kier alpha value is -0.933. The molecule has 0 saturated heterocycles. The van der Waals surface area contributed by atoms with E-state index in [0.29, 0.717) is 12.1 Å². The van der Waals surface area contributed by atoms with Gasteiger partial charge in [-0.2, -0.15) is 0 Å². The largest absolute Gasteiger partial charge is 0.378 e. The summed E-state index contributed by atoms with van der Waals surface area (Å²) in [6, 6.07) is 9.56. The van der Waals surface area contributed by atoms with Crippen molar-refractivity contribution in [2.45, 2.75) is 96.7 Å². The summed E-state index contributed by atoms with van der Waals surface area (Å²) >= 11 is 0. The van der Waals surface area contributed by atoms with Gasteiger partial charge < -0.3 is 4.74 Å². The lowest BCUT2D eigenvalue weighted by Gasteiger charge is -2.44. The molecule has 0 heterocycles. The maximum absolute atomic E-state index is 12.5. The fraction of sp³-hybridized carbons (Fsp3) is 0.682. The molecule has 0 aliphatic carbocycles. The standard InChI is InChI=1S/C22H38O2Si/c1-8-9-11-16-21(25(6,7)22(3,4)5)24-18(2)17-20(23)19-14-12-10-13-15-19/h10,12-15,18,21H,8-9,11,16-17H2,1-7H3. The molecule has 1 aromatic carbocycles. The molecular formula is C22H38O2Si. The first-order valence-corrected chi connectivity index (χ1v) is 12.9. The topological polar surface area (TPSA) is 26.3 Å². The molecule has 1 rings (SSSR count). The van der Waals surface area contributed by atoms with Crippen molar-refractivity contribution >= 4 is 13.9 Å². The van der Waals surface area contributed by atoms with Gasteiger partial charge in [0.25, 0.3) is 0 Å². The molecule has 25 heavy (non-hydrogen) atoms. The summed E-state index contributed by atoms with van der Waals surface area (Å²) in [6.45, 7) is 16.2. The van der Waals surface area contributed by atoms with Crippen LogP contribution in [0.3, 0.4) is 0 Å². The third kappa shape index (κ3) is 6.71. The maximum Gasteiger partial charge on any atom is 0.165 e. The number of unbranched alkanes of at least 4 members (excludes halogenated alkanes) is 2. The number of carbonyl (C=O) groups is 1. The van der Waals surface area contributed by atoms with E-state index in [0.717, 1.165) is 12.0 Å². The Labute approximate surface area is 156 Å². The number of rotatable bonds is 10. The highest BCUT2D eigenvalue weighted by atomic mass is 28.3. The summed E-state index contributed by atoms with van der Waals surface area (Å²) < 4.78 is 6.52. The fourth-order valence-corrected chi connectivity index (χ4v) is 5.46. The Kier molecular flexibility index (Phi) is 8.56. The van der Waals surface area contributed by atoms with E-state index in [2.05, 4.69) is 47.7 Å². The van der Waals surface area contributed by atoms with E-state index in [1.54, 1.807) is 0 Å². The minimum Gasteiger partial charge on any atom is -0.378 e. The minimum atomic E-state index is -1.61. The van der Waals surface area contributed by atoms with Gasteiger partial charge in [-0.25, -0.2) is 0 Å². The predicted molar refractivity (Wildman–Crippen MR) is 111 cm³/mol. The average Bonchev–Trinajstić information content (AvgIpc) is 2.53. The number of Topliss-reactive ketones (excluding diaryl/α,β-unsaturated/α-hetero) is 1. The van der Waals surface area contributed by atoms with Crippen molar-refractivity contribution < 1.29 is 9.53 Å². The third-order valence-corrected chi connectivity index (χ3v) is 11.7. The molecule has 0 spiro atoms. The average molecular weight is 363 g/mol. The van der Waals surface area contributed by atoms with Crippen LogP contribution in [0.25, 0.3) is 0 Å². The molecule has 1 aromatic rings. The van der Waals surface area contributed by atoms with Crippen LogP contribution in [0.15, 0.2) is 30.3 Å². The summed E-state index contributed by atoms with van der Waals surface area (Å²) in [5, 5.41) is 0.285. The van der Waals surface area contributed by atoms with Crippen molar-refractivity contribution in [2.75, 3.05) is 0 Å². The molecular weight excluding hydrogens is 324 g/mol. The Morgan fingerprint density at radius 1 is 1.12 bits per heavy atom. The van der Waals surface area contributed by atoms with E-state index in [9.17, 15) is 4.79 Å². The van der Waals surface area contributed by atoms with Crippen molar-refractivity contribution in [1.29, 1.82) is 0 Å². The van der Waals surface area contributed by atoms with E-state index in [1.165, 1.54) is 19.3 Å². The normalized spacial score (nSPS) is 15.0. The van der Waals surface area contributed by atoms with Crippen LogP contribution >= 0.6 is 0 Å². The molecule has 0 aromatic heterocycles. The molecule has 0 aliphatic heterocycles. The van der Waals surface area contributed by atoms with Crippen molar-refractivity contribution in [3.8, 4) is 0 Å². The van der Waals surface area contributed by atoms with Crippen molar-refractivity contribution in [1.82, 2.24) is 0 Å². The Balaban J connectivity index is 2.77. The van der Waals surface area contributed by atoms with Crippen LogP contribution in [0.5, 0.6) is 0 Å². The third-order valence-electron chi connectivity index (χ3n) is 5.77. The first-order chi connectivity index (χ1) is 11.6. The van der Waals surface area contributed by atoms with E-state index < -0.39 is 8.07 Å². The summed E-state index contributed by atoms with van der Waals surface area (Å²) in [5.41, 5.74) is 1.09. The molecule has 2 nitrogen and oxygen atoms in total. The zero-order valence-electron chi connectivity index (χ0n) is 17.4. The van der Waals surface area contributed by atoms with E-state index in [4.69, 9.17) is 4.74 Å². The smallest absolute Gasteiger partial charge is 0.165 e. The molecule has 0 fully saturated rings. The van der Waals surface area contributed by atoms with Crippen molar-refractivity contribution in [2.24, 2.45) is 0 Å². The summed E-state index contributed by atoms with van der Waals surface area (Å²) in [6.07, 6.45) is 5.25. The summed E-state index contributed by atoms with van der Waals surface area (Å²) in [5.74, 6) is 0.177. The molecule has 2 atom stereocenters. The highest BCUT2D eigenvalue weighted by molar-refractivity contribution is 6.81. The van der Waals surface area contributed by atoms with Gasteiger partial charge in [-0.1, -0.05) is 90.4 Å². The van der Waals surface area contributed by atoms with Gasteiger partial charge in [0.15, 0.2) is 5.78 Å². The van der Waals surface area contributed by atoms with Crippen LogP contribution in [0.1, 0.15) is 77.1 Å².